The summed E-state index contributed by atoms with van der Waals surface area (Å²) in [6.45, 7) is 1.51. The van der Waals surface area contributed by atoms with Gasteiger partial charge in [-0.2, -0.15) is 5.10 Å². The van der Waals surface area contributed by atoms with Gasteiger partial charge in [0, 0.05) is 43.8 Å². The molecule has 1 amide bonds. The number of carbonyl (C=O) groups is 1. The smallest absolute Gasteiger partial charge is 0.271 e. The summed E-state index contributed by atoms with van der Waals surface area (Å²) in [6, 6.07) is 3.05. The van der Waals surface area contributed by atoms with Crippen molar-refractivity contribution in [1.29, 1.82) is 0 Å². The summed E-state index contributed by atoms with van der Waals surface area (Å²) in [5, 5.41) is 9.81. The van der Waals surface area contributed by atoms with Crippen LogP contribution >= 0.6 is 11.3 Å². The first-order valence-electron chi connectivity index (χ1n) is 7.14. The first-order valence-corrected chi connectivity index (χ1v) is 8.02. The molecule has 3 heterocycles. The van der Waals surface area contributed by atoms with Gasteiger partial charge in [-0.25, -0.2) is 9.67 Å². The van der Waals surface area contributed by atoms with Crippen molar-refractivity contribution in [2.45, 2.75) is 18.9 Å². The molecule has 0 saturated carbocycles. The topological polar surface area (TPSA) is 80.1 Å². The third-order valence-electron chi connectivity index (χ3n) is 3.73. The van der Waals surface area contributed by atoms with E-state index < -0.39 is 0 Å². The lowest BCUT2D eigenvalue weighted by atomic mass is 10.2. The molecule has 1 aliphatic rings. The van der Waals surface area contributed by atoms with Crippen molar-refractivity contribution in [3.8, 4) is 0 Å². The van der Waals surface area contributed by atoms with E-state index in [2.05, 4.69) is 20.3 Å². The summed E-state index contributed by atoms with van der Waals surface area (Å²) in [5.41, 5.74) is 0.0168. The van der Waals surface area contributed by atoms with Gasteiger partial charge in [-0.15, -0.1) is 11.3 Å². The second kappa shape index (κ2) is 6.27. The monoisotopic (exact) mass is 319 g/mol. The number of rotatable bonds is 4. The molecule has 0 spiro atoms. The molecule has 1 atom stereocenters. The Bertz CT molecular complexity index is 712. The molecule has 22 heavy (non-hydrogen) atoms. The Morgan fingerprint density at radius 1 is 1.50 bits per heavy atom. The fraction of sp³-hybridized carbons (Fsp3) is 0.429. The number of amides is 1. The molecule has 8 heteroatoms. The summed E-state index contributed by atoms with van der Waals surface area (Å²) in [6.07, 6.45) is 3.92. The molecule has 2 aromatic rings. The van der Waals surface area contributed by atoms with Crippen LogP contribution in [-0.4, -0.2) is 39.8 Å². The maximum Gasteiger partial charge on any atom is 0.271 e. The highest BCUT2D eigenvalue weighted by atomic mass is 32.1. The van der Waals surface area contributed by atoms with E-state index in [0.717, 1.165) is 29.2 Å². The molecule has 0 aromatic carbocycles. The normalized spacial score (nSPS) is 17.7. The maximum absolute atomic E-state index is 12.1. The van der Waals surface area contributed by atoms with Crippen LogP contribution in [0.3, 0.4) is 0 Å². The van der Waals surface area contributed by atoms with Crippen molar-refractivity contribution in [2.24, 2.45) is 7.05 Å². The number of hydrogen-bond donors (Lipinski definition) is 1. The van der Waals surface area contributed by atoms with Crippen LogP contribution in [0.15, 0.2) is 28.5 Å². The van der Waals surface area contributed by atoms with E-state index in [1.54, 1.807) is 17.5 Å². The van der Waals surface area contributed by atoms with Crippen molar-refractivity contribution < 1.29 is 4.79 Å². The van der Waals surface area contributed by atoms with Crippen molar-refractivity contribution in [3.63, 3.8) is 0 Å². The van der Waals surface area contributed by atoms with Crippen molar-refractivity contribution >= 4 is 22.4 Å². The van der Waals surface area contributed by atoms with Gasteiger partial charge in [0.15, 0.2) is 5.13 Å². The molecular weight excluding hydrogens is 302 g/mol. The lowest BCUT2D eigenvalue weighted by molar-refractivity contribution is 0.0944. The number of carbonyl (C=O) groups excluding carboxylic acids is 1. The van der Waals surface area contributed by atoms with Gasteiger partial charge < -0.3 is 10.2 Å². The van der Waals surface area contributed by atoms with E-state index in [1.165, 1.54) is 19.2 Å². The van der Waals surface area contributed by atoms with E-state index in [4.69, 9.17) is 0 Å². The van der Waals surface area contributed by atoms with E-state index >= 15 is 0 Å². The van der Waals surface area contributed by atoms with Crippen LogP contribution in [0.5, 0.6) is 0 Å². The number of aryl methyl sites for hydroxylation is 1. The van der Waals surface area contributed by atoms with Crippen molar-refractivity contribution in [1.82, 2.24) is 20.1 Å². The third-order valence-corrected chi connectivity index (χ3v) is 4.54. The molecule has 0 bridgehead atoms. The fourth-order valence-corrected chi connectivity index (χ4v) is 3.32. The molecule has 1 aliphatic heterocycles. The number of nitrogens with zero attached hydrogens (tertiary/aromatic N) is 4. The molecule has 3 rings (SSSR count). The summed E-state index contributed by atoms with van der Waals surface area (Å²) >= 11 is 1.61. The maximum atomic E-state index is 12.1. The number of anilines is 1. The number of nitrogens with one attached hydrogen (secondary N) is 1. The number of hydrogen-bond acceptors (Lipinski definition) is 6. The Balaban J connectivity index is 1.63. The van der Waals surface area contributed by atoms with Gasteiger partial charge in [0.2, 0.25) is 0 Å². The molecule has 1 fully saturated rings. The Morgan fingerprint density at radius 3 is 3.09 bits per heavy atom. The minimum absolute atomic E-state index is 0.234. The third kappa shape index (κ3) is 3.01. The molecule has 116 valence electrons. The molecule has 2 aromatic heterocycles. The predicted molar refractivity (Wildman–Crippen MR) is 84.3 cm³/mol. The highest BCUT2D eigenvalue weighted by Crippen LogP contribution is 2.26. The van der Waals surface area contributed by atoms with Crippen LogP contribution < -0.4 is 15.8 Å². The van der Waals surface area contributed by atoms with Gasteiger partial charge >= 0.3 is 0 Å². The van der Waals surface area contributed by atoms with Gasteiger partial charge in [0.05, 0.1) is 0 Å². The van der Waals surface area contributed by atoms with E-state index in [0.29, 0.717) is 6.54 Å². The average molecular weight is 319 g/mol. The number of aromatic nitrogens is 3. The van der Waals surface area contributed by atoms with Crippen LogP contribution in [0, 0.1) is 0 Å². The lowest BCUT2D eigenvalue weighted by Crippen LogP contribution is -2.40. The van der Waals surface area contributed by atoms with E-state index in [1.807, 2.05) is 5.38 Å². The quantitative estimate of drug-likeness (QED) is 0.894. The van der Waals surface area contributed by atoms with Crippen molar-refractivity contribution in [3.05, 3.63) is 39.8 Å². The van der Waals surface area contributed by atoms with E-state index in [9.17, 15) is 9.59 Å². The van der Waals surface area contributed by atoms with Crippen LogP contribution in [0.2, 0.25) is 0 Å². The summed E-state index contributed by atoms with van der Waals surface area (Å²) < 4.78 is 1.16. The molecular formula is C14H17N5O2S. The van der Waals surface area contributed by atoms with Gasteiger partial charge in [0.25, 0.3) is 11.5 Å². The summed E-state index contributed by atoms with van der Waals surface area (Å²) in [4.78, 5) is 30.0. The summed E-state index contributed by atoms with van der Waals surface area (Å²) in [5.74, 6) is -0.262. The first-order chi connectivity index (χ1) is 10.6. The van der Waals surface area contributed by atoms with Gasteiger partial charge in [-0.1, -0.05) is 0 Å². The highest BCUT2D eigenvalue weighted by molar-refractivity contribution is 7.13. The summed E-state index contributed by atoms with van der Waals surface area (Å²) in [7, 11) is 1.53. The van der Waals surface area contributed by atoms with Gasteiger partial charge in [-0.3, -0.25) is 9.59 Å². The molecule has 1 N–H and O–H groups in total. The Morgan fingerprint density at radius 2 is 2.36 bits per heavy atom. The van der Waals surface area contributed by atoms with Crippen LogP contribution in [0.4, 0.5) is 5.13 Å². The highest BCUT2D eigenvalue weighted by Gasteiger charge is 2.26. The Labute approximate surface area is 131 Å². The average Bonchev–Trinajstić information content (AvgIpc) is 3.17. The zero-order valence-corrected chi connectivity index (χ0v) is 13.0. The minimum atomic E-state index is -0.262. The minimum Gasteiger partial charge on any atom is -0.349 e. The Hall–Kier alpha value is -2.22. The molecule has 7 nitrogen and oxygen atoms in total. The second-order valence-corrected chi connectivity index (χ2v) is 6.07. The first kappa shape index (κ1) is 14.7. The lowest BCUT2D eigenvalue weighted by Gasteiger charge is -2.24. The zero-order chi connectivity index (χ0) is 15.5. The van der Waals surface area contributed by atoms with E-state index in [-0.39, 0.29) is 23.2 Å². The molecule has 1 saturated heterocycles. The zero-order valence-electron chi connectivity index (χ0n) is 12.2. The predicted octanol–water partition coefficient (Wildman–Crippen LogP) is 0.636. The SMILES string of the molecule is Cn1nc(C(=O)NC[C@@H]2CCCN2c2nccs2)ccc1=O. The second-order valence-electron chi connectivity index (χ2n) is 5.19. The van der Waals surface area contributed by atoms with Gasteiger partial charge in [-0.05, 0) is 18.9 Å². The van der Waals surface area contributed by atoms with Crippen LogP contribution in [0.25, 0.3) is 0 Å². The van der Waals surface area contributed by atoms with Crippen LogP contribution in [0.1, 0.15) is 23.3 Å². The standard InChI is InChI=1S/C14H17N5O2S/c1-18-12(20)5-4-11(17-18)13(21)16-9-10-3-2-7-19(10)14-15-6-8-22-14/h4-6,8,10H,2-3,7,9H2,1H3,(H,16,21)/t10-/m0/s1. The molecule has 0 aliphatic carbocycles. The number of thiazole rings is 1. The van der Waals surface area contributed by atoms with Crippen LogP contribution in [-0.2, 0) is 7.05 Å². The Kier molecular flexibility index (Phi) is 4.19. The fourth-order valence-electron chi connectivity index (χ4n) is 2.58. The molecule has 0 radical (unpaired) electrons. The molecule has 0 unspecified atom stereocenters. The largest absolute Gasteiger partial charge is 0.349 e. The van der Waals surface area contributed by atoms with Gasteiger partial charge in [0.1, 0.15) is 5.69 Å². The van der Waals surface area contributed by atoms with Crippen molar-refractivity contribution in [2.75, 3.05) is 18.0 Å².